The van der Waals surface area contributed by atoms with Gasteiger partial charge in [-0.2, -0.15) is 0 Å². The number of phenolic OH excluding ortho intramolecular Hbond substituents is 1. The third-order valence-corrected chi connectivity index (χ3v) is 6.07. The molecule has 0 unspecified atom stereocenters. The van der Waals surface area contributed by atoms with E-state index in [0.717, 1.165) is 35.3 Å². The number of carbonyl (C=O) groups is 1. The third-order valence-electron chi connectivity index (χ3n) is 6.07. The third kappa shape index (κ3) is 5.17. The Balaban J connectivity index is 1.71. The number of anilines is 1. The van der Waals surface area contributed by atoms with Crippen LogP contribution in [-0.2, 0) is 4.79 Å². The molecule has 6 nitrogen and oxygen atoms in total. The van der Waals surface area contributed by atoms with Gasteiger partial charge in [0.1, 0.15) is 17.3 Å². The van der Waals surface area contributed by atoms with E-state index >= 15 is 0 Å². The molecule has 0 atom stereocenters. The summed E-state index contributed by atoms with van der Waals surface area (Å²) in [7, 11) is 1.64. The van der Waals surface area contributed by atoms with Gasteiger partial charge in [-0.1, -0.05) is 35.4 Å². The molecule has 0 bridgehead atoms. The summed E-state index contributed by atoms with van der Waals surface area (Å²) in [6.07, 6.45) is 4.75. The standard InChI is InChI=1S/C27H28N2O4/c1-17-7-12-24(30)22(13-17)23-14-20(21-5-3-4-6-25(21)33-2)15-26(29-23)28-16-18-8-10-19(11-9-18)27(31)32/h3-7,12-16,19,30H,8-11H2,1-2H3,(H,28,29)(H,31,32). The van der Waals surface area contributed by atoms with Crippen molar-refractivity contribution in [2.45, 2.75) is 32.6 Å². The van der Waals surface area contributed by atoms with Gasteiger partial charge < -0.3 is 20.3 Å². The number of allylic oxidation sites excluding steroid dienone is 1. The van der Waals surface area contributed by atoms with Gasteiger partial charge >= 0.3 is 5.97 Å². The molecule has 1 saturated carbocycles. The van der Waals surface area contributed by atoms with Crippen molar-refractivity contribution < 1.29 is 19.7 Å². The Bertz CT molecular complexity index is 1190. The van der Waals surface area contributed by atoms with E-state index in [1.165, 1.54) is 5.57 Å². The number of carboxylic acid groups (broad SMARTS) is 1. The van der Waals surface area contributed by atoms with Crippen molar-refractivity contribution in [1.29, 1.82) is 0 Å². The van der Waals surface area contributed by atoms with Crippen LogP contribution in [-0.4, -0.2) is 28.3 Å². The molecule has 0 saturated heterocycles. The largest absolute Gasteiger partial charge is 0.507 e. The number of carboxylic acids is 1. The quantitative estimate of drug-likeness (QED) is 0.431. The van der Waals surface area contributed by atoms with E-state index in [-0.39, 0.29) is 11.7 Å². The number of aromatic hydroxyl groups is 1. The fourth-order valence-corrected chi connectivity index (χ4v) is 4.19. The van der Waals surface area contributed by atoms with Crippen LogP contribution >= 0.6 is 0 Å². The highest BCUT2D eigenvalue weighted by atomic mass is 16.5. The van der Waals surface area contributed by atoms with Crippen LogP contribution < -0.4 is 10.1 Å². The van der Waals surface area contributed by atoms with Crippen molar-refractivity contribution in [3.8, 4) is 33.9 Å². The first-order valence-corrected chi connectivity index (χ1v) is 11.1. The van der Waals surface area contributed by atoms with Gasteiger partial charge in [0.2, 0.25) is 0 Å². The Morgan fingerprint density at radius 2 is 1.85 bits per heavy atom. The Labute approximate surface area is 193 Å². The van der Waals surface area contributed by atoms with Crippen LogP contribution in [0, 0.1) is 12.8 Å². The minimum atomic E-state index is -0.712. The zero-order valence-electron chi connectivity index (χ0n) is 18.8. The number of nitrogens with zero attached hydrogens (tertiary/aromatic N) is 1. The number of methoxy groups -OCH3 is 1. The topological polar surface area (TPSA) is 91.7 Å². The Kier molecular flexibility index (Phi) is 6.63. The van der Waals surface area contributed by atoms with Gasteiger partial charge in [-0.15, -0.1) is 0 Å². The molecule has 3 aromatic rings. The number of benzene rings is 2. The van der Waals surface area contributed by atoms with Crippen molar-refractivity contribution in [1.82, 2.24) is 4.98 Å². The van der Waals surface area contributed by atoms with Crippen LogP contribution in [0.3, 0.4) is 0 Å². The molecule has 1 aliphatic rings. The summed E-state index contributed by atoms with van der Waals surface area (Å²) in [5.41, 5.74) is 5.35. The minimum absolute atomic E-state index is 0.168. The van der Waals surface area contributed by atoms with Crippen LogP contribution in [0.2, 0.25) is 0 Å². The molecule has 6 heteroatoms. The van der Waals surface area contributed by atoms with Gasteiger partial charge in [0, 0.05) is 17.3 Å². The van der Waals surface area contributed by atoms with Crippen molar-refractivity contribution >= 4 is 11.8 Å². The molecule has 2 aromatic carbocycles. The first-order chi connectivity index (χ1) is 15.9. The number of aryl methyl sites for hydroxylation is 1. The number of ether oxygens (including phenoxy) is 1. The zero-order chi connectivity index (χ0) is 23.4. The number of rotatable bonds is 6. The molecule has 3 N–H and O–H groups in total. The van der Waals surface area contributed by atoms with E-state index in [1.54, 1.807) is 13.2 Å². The maximum absolute atomic E-state index is 11.2. The number of nitrogens with one attached hydrogen (secondary N) is 1. The highest BCUT2D eigenvalue weighted by Crippen LogP contribution is 2.36. The van der Waals surface area contributed by atoms with Crippen LogP contribution in [0.1, 0.15) is 31.2 Å². The second-order valence-electron chi connectivity index (χ2n) is 8.41. The highest BCUT2D eigenvalue weighted by molar-refractivity contribution is 5.79. The molecular formula is C27H28N2O4. The smallest absolute Gasteiger partial charge is 0.306 e. The summed E-state index contributed by atoms with van der Waals surface area (Å²) < 4.78 is 5.56. The Hall–Kier alpha value is -3.80. The van der Waals surface area contributed by atoms with Crippen LogP contribution in [0.4, 0.5) is 5.82 Å². The average molecular weight is 445 g/mol. The maximum Gasteiger partial charge on any atom is 0.306 e. The van der Waals surface area contributed by atoms with Gasteiger partial charge in [0.05, 0.1) is 18.7 Å². The summed E-state index contributed by atoms with van der Waals surface area (Å²) in [5, 5.41) is 23.0. The second kappa shape index (κ2) is 9.77. The summed E-state index contributed by atoms with van der Waals surface area (Å²) in [5.74, 6) is 0.587. The number of aliphatic carboxylic acids is 1. The molecule has 1 aromatic heterocycles. The van der Waals surface area contributed by atoms with Crippen LogP contribution in [0.5, 0.6) is 11.5 Å². The lowest BCUT2D eigenvalue weighted by Crippen LogP contribution is -2.18. The van der Waals surface area contributed by atoms with Crippen molar-refractivity contribution in [2.24, 2.45) is 5.92 Å². The van der Waals surface area contributed by atoms with Gasteiger partial charge in [-0.25, -0.2) is 4.98 Å². The number of phenols is 1. The summed E-state index contributed by atoms with van der Waals surface area (Å²) >= 11 is 0. The number of hydrogen-bond donors (Lipinski definition) is 3. The summed E-state index contributed by atoms with van der Waals surface area (Å²) in [4.78, 5) is 16.0. The normalized spacial score (nSPS) is 15.7. The van der Waals surface area contributed by atoms with Gasteiger partial charge in [-0.3, -0.25) is 4.79 Å². The van der Waals surface area contributed by atoms with E-state index in [2.05, 4.69) is 5.32 Å². The van der Waals surface area contributed by atoms with Gasteiger partial charge in [-0.05, 0) is 68.5 Å². The highest BCUT2D eigenvalue weighted by Gasteiger charge is 2.22. The molecule has 0 radical (unpaired) electrons. The van der Waals surface area contributed by atoms with E-state index < -0.39 is 5.97 Å². The fourth-order valence-electron chi connectivity index (χ4n) is 4.19. The fraction of sp³-hybridized carbons (Fsp3) is 0.259. The van der Waals surface area contributed by atoms with Crippen LogP contribution in [0.25, 0.3) is 22.4 Å². The summed E-state index contributed by atoms with van der Waals surface area (Å²) in [6, 6.07) is 17.1. The first-order valence-electron chi connectivity index (χ1n) is 11.1. The average Bonchev–Trinajstić information content (AvgIpc) is 2.84. The van der Waals surface area contributed by atoms with Gasteiger partial charge in [0.25, 0.3) is 0 Å². The molecule has 4 rings (SSSR count). The van der Waals surface area contributed by atoms with Gasteiger partial charge in [0.15, 0.2) is 0 Å². The van der Waals surface area contributed by atoms with E-state index in [9.17, 15) is 15.0 Å². The molecule has 0 amide bonds. The molecule has 0 spiro atoms. The molecule has 1 aliphatic carbocycles. The lowest BCUT2D eigenvalue weighted by Gasteiger charge is -2.20. The number of para-hydroxylation sites is 1. The predicted molar refractivity (Wildman–Crippen MR) is 129 cm³/mol. The summed E-state index contributed by atoms with van der Waals surface area (Å²) in [6.45, 7) is 1.98. The van der Waals surface area contributed by atoms with E-state index in [1.807, 2.05) is 61.7 Å². The Morgan fingerprint density at radius 3 is 2.58 bits per heavy atom. The van der Waals surface area contributed by atoms with Crippen molar-refractivity contribution in [3.63, 3.8) is 0 Å². The predicted octanol–water partition coefficient (Wildman–Crippen LogP) is 6.01. The lowest BCUT2D eigenvalue weighted by atomic mass is 9.86. The molecule has 0 aliphatic heterocycles. The van der Waals surface area contributed by atoms with E-state index in [0.29, 0.717) is 29.9 Å². The monoisotopic (exact) mass is 444 g/mol. The SMILES string of the molecule is COc1ccccc1-c1cc(NC=C2CCC(C(=O)O)CC2)nc(-c2cc(C)ccc2O)c1. The van der Waals surface area contributed by atoms with Crippen molar-refractivity contribution in [3.05, 3.63) is 71.9 Å². The van der Waals surface area contributed by atoms with E-state index in [4.69, 9.17) is 9.72 Å². The van der Waals surface area contributed by atoms with Crippen LogP contribution in [0.15, 0.2) is 66.4 Å². The number of aromatic nitrogens is 1. The minimum Gasteiger partial charge on any atom is -0.507 e. The molecular weight excluding hydrogens is 416 g/mol. The first kappa shape index (κ1) is 22.4. The number of hydrogen-bond acceptors (Lipinski definition) is 5. The molecule has 1 fully saturated rings. The zero-order valence-corrected chi connectivity index (χ0v) is 18.8. The molecule has 33 heavy (non-hydrogen) atoms. The maximum atomic E-state index is 11.2. The second-order valence-corrected chi connectivity index (χ2v) is 8.41. The Morgan fingerprint density at radius 1 is 1.09 bits per heavy atom. The molecule has 170 valence electrons. The molecule has 1 heterocycles. The van der Waals surface area contributed by atoms with Crippen molar-refractivity contribution in [2.75, 3.05) is 12.4 Å². The number of pyridine rings is 1. The lowest BCUT2D eigenvalue weighted by molar-refractivity contribution is -0.142.